The third kappa shape index (κ3) is 3.03. The summed E-state index contributed by atoms with van der Waals surface area (Å²) in [6.07, 6.45) is 0. The molecule has 0 N–H and O–H groups in total. The number of amidine groups is 1. The van der Waals surface area contributed by atoms with E-state index in [2.05, 4.69) is 60.5 Å². The molecule has 130 valence electrons. The second-order valence-electron chi connectivity index (χ2n) is 6.77. The van der Waals surface area contributed by atoms with Gasteiger partial charge in [-0.1, -0.05) is 97.9 Å². The van der Waals surface area contributed by atoms with Crippen molar-refractivity contribution in [2.24, 2.45) is 4.99 Å². The molecular weight excluding hydrogens is 316 g/mol. The van der Waals surface area contributed by atoms with Crippen LogP contribution in [0.1, 0.15) is 43.0 Å². The first-order valence-electron chi connectivity index (χ1n) is 9.55. The average Bonchev–Trinajstić information content (AvgIpc) is 3.08. The van der Waals surface area contributed by atoms with Crippen molar-refractivity contribution in [3.8, 4) is 0 Å². The summed E-state index contributed by atoms with van der Waals surface area (Å²) in [7, 11) is 2.06. The third-order valence-electron chi connectivity index (χ3n) is 5.14. The molecule has 3 atom stereocenters. The molecule has 2 heteroatoms. The lowest BCUT2D eigenvalue weighted by molar-refractivity contribution is 0.358. The van der Waals surface area contributed by atoms with E-state index in [1.54, 1.807) is 0 Å². The molecule has 3 aromatic rings. The molecule has 2 nitrogen and oxygen atoms in total. The number of hydrogen-bond donors (Lipinski definition) is 0. The van der Waals surface area contributed by atoms with Gasteiger partial charge in [0.2, 0.25) is 0 Å². The van der Waals surface area contributed by atoms with E-state index in [0.717, 1.165) is 11.4 Å². The van der Waals surface area contributed by atoms with Gasteiger partial charge in [-0.25, -0.2) is 0 Å². The molecule has 26 heavy (non-hydrogen) atoms. The van der Waals surface area contributed by atoms with E-state index in [-0.39, 0.29) is 12.1 Å². The number of rotatable bonds is 4. The normalized spacial score (nSPS) is 22.5. The molecule has 0 bridgehead atoms. The maximum atomic E-state index is 9.13. The fourth-order valence-electron chi connectivity index (χ4n) is 3.78. The van der Waals surface area contributed by atoms with E-state index >= 15 is 0 Å². The Morgan fingerprint density at radius 3 is 1.88 bits per heavy atom. The fourth-order valence-corrected chi connectivity index (χ4v) is 3.78. The Morgan fingerprint density at radius 1 is 0.808 bits per heavy atom. The van der Waals surface area contributed by atoms with Gasteiger partial charge in [-0.3, -0.25) is 4.99 Å². The first kappa shape index (κ1) is 15.4. The molecule has 3 aromatic carbocycles. The lowest BCUT2D eigenvalue weighted by atomic mass is 9.93. The van der Waals surface area contributed by atoms with Crippen molar-refractivity contribution >= 4 is 5.84 Å². The van der Waals surface area contributed by atoms with Gasteiger partial charge < -0.3 is 4.90 Å². The number of benzene rings is 3. The van der Waals surface area contributed by atoms with Gasteiger partial charge in [0.1, 0.15) is 11.9 Å². The number of likely N-dealkylation sites (N-methyl/N-ethyl adjacent to an activating group) is 1. The van der Waals surface area contributed by atoms with E-state index in [1.165, 1.54) is 11.1 Å². The Balaban J connectivity index is 1.81. The molecule has 1 unspecified atom stereocenters. The zero-order chi connectivity index (χ0) is 18.9. The molecule has 0 aromatic heterocycles. The van der Waals surface area contributed by atoms with Gasteiger partial charge in [0.15, 0.2) is 0 Å². The van der Waals surface area contributed by atoms with E-state index in [9.17, 15) is 0 Å². The van der Waals surface area contributed by atoms with E-state index in [0.29, 0.717) is 0 Å². The minimum Gasteiger partial charge on any atom is -0.353 e. The van der Waals surface area contributed by atoms with Crippen molar-refractivity contribution in [3.05, 3.63) is 108 Å². The summed E-state index contributed by atoms with van der Waals surface area (Å²) in [5.74, 6) is -0.108. The molecule has 0 radical (unpaired) electrons. The van der Waals surface area contributed by atoms with Crippen LogP contribution in [0.25, 0.3) is 0 Å². The van der Waals surface area contributed by atoms with Crippen LogP contribution in [0.4, 0.5) is 0 Å². The molecule has 0 saturated carbocycles. The average molecular weight is 341 g/mol. The maximum absolute atomic E-state index is 9.13. The molecule has 0 fully saturated rings. The van der Waals surface area contributed by atoms with E-state index in [1.807, 2.05) is 49.4 Å². The van der Waals surface area contributed by atoms with Gasteiger partial charge in [-0.2, -0.15) is 0 Å². The van der Waals surface area contributed by atoms with Gasteiger partial charge in [0.25, 0.3) is 0 Å². The Kier molecular flexibility index (Phi) is 4.24. The summed E-state index contributed by atoms with van der Waals surface area (Å²) in [6.45, 7) is 1.94. The highest BCUT2D eigenvalue weighted by molar-refractivity contribution is 5.90. The second-order valence-corrected chi connectivity index (χ2v) is 6.77. The first-order chi connectivity index (χ1) is 13.1. The summed E-state index contributed by atoms with van der Waals surface area (Å²) in [6, 6.07) is 30.9. The molecule has 0 spiro atoms. The van der Waals surface area contributed by atoms with Crippen LogP contribution in [0.5, 0.6) is 0 Å². The molecule has 0 aliphatic carbocycles. The van der Waals surface area contributed by atoms with Crippen molar-refractivity contribution in [3.63, 3.8) is 0 Å². The molecular formula is C24H24N2. The van der Waals surface area contributed by atoms with Crippen LogP contribution in [0, 0.1) is 0 Å². The van der Waals surface area contributed by atoms with Crippen LogP contribution in [0.2, 0.25) is 0 Å². The number of aliphatic imine (C=N–C) groups is 1. The van der Waals surface area contributed by atoms with Crippen molar-refractivity contribution in [2.45, 2.75) is 24.9 Å². The minimum atomic E-state index is -0.910. The van der Waals surface area contributed by atoms with Crippen LogP contribution < -0.4 is 0 Å². The van der Waals surface area contributed by atoms with Crippen LogP contribution in [-0.2, 0) is 0 Å². The summed E-state index contributed by atoms with van der Waals surface area (Å²) in [5.41, 5.74) is 3.35. The van der Waals surface area contributed by atoms with Gasteiger partial charge in [-0.05, 0) is 16.7 Å². The zero-order valence-electron chi connectivity index (χ0n) is 16.2. The maximum Gasteiger partial charge on any atom is 0.107 e. The predicted octanol–water partition coefficient (Wildman–Crippen LogP) is 5.62. The number of hydrogen-bond acceptors (Lipinski definition) is 2. The van der Waals surface area contributed by atoms with Gasteiger partial charge >= 0.3 is 0 Å². The first-order valence-corrected chi connectivity index (χ1v) is 9.05. The molecule has 1 heterocycles. The zero-order valence-corrected chi connectivity index (χ0v) is 15.2. The monoisotopic (exact) mass is 341 g/mol. The quantitative estimate of drug-likeness (QED) is 0.601. The van der Waals surface area contributed by atoms with Crippen LogP contribution in [-0.4, -0.2) is 17.8 Å². The highest BCUT2D eigenvalue weighted by Gasteiger charge is 2.37. The summed E-state index contributed by atoms with van der Waals surface area (Å²) < 4.78 is 9.13. The Bertz CT molecular complexity index is 920. The predicted molar refractivity (Wildman–Crippen MR) is 108 cm³/mol. The van der Waals surface area contributed by atoms with Crippen LogP contribution in [0.15, 0.2) is 96.0 Å². The molecule has 4 rings (SSSR count). The fraction of sp³-hybridized carbons (Fsp3) is 0.208. The Hall–Kier alpha value is -2.87. The van der Waals surface area contributed by atoms with Gasteiger partial charge in [0, 0.05) is 14.3 Å². The van der Waals surface area contributed by atoms with Crippen LogP contribution in [0.3, 0.4) is 0 Å². The minimum absolute atomic E-state index is 0.0259. The van der Waals surface area contributed by atoms with Crippen molar-refractivity contribution in [2.75, 3.05) is 7.05 Å². The molecule has 1 aliphatic rings. The molecule has 1 aliphatic heterocycles. The highest BCUT2D eigenvalue weighted by Crippen LogP contribution is 2.43. The van der Waals surface area contributed by atoms with E-state index < -0.39 is 5.89 Å². The van der Waals surface area contributed by atoms with Crippen molar-refractivity contribution in [1.29, 1.82) is 0 Å². The topological polar surface area (TPSA) is 15.6 Å². The summed E-state index contributed by atoms with van der Waals surface area (Å²) >= 11 is 0. The highest BCUT2D eigenvalue weighted by atomic mass is 15.3. The summed E-state index contributed by atoms with van der Waals surface area (Å²) in [4.78, 5) is 7.29. The lowest BCUT2D eigenvalue weighted by Crippen LogP contribution is -2.30. The smallest absolute Gasteiger partial charge is 0.107 e. The third-order valence-corrected chi connectivity index (χ3v) is 5.14. The standard InChI is InChI=1S/C24H24N2/c1-18(19-12-6-3-7-13-19)24-25-22(20-14-8-4-9-15-20)23(26(24)2)21-16-10-5-11-17-21/h3-18,22-23H,1-2H3/t18?,22-,23-/m0/s1/i18D. The number of nitrogens with zero attached hydrogens (tertiary/aromatic N) is 2. The second kappa shape index (κ2) is 7.17. The van der Waals surface area contributed by atoms with Crippen LogP contribution >= 0.6 is 0 Å². The lowest BCUT2D eigenvalue weighted by Gasteiger charge is -2.29. The summed E-state index contributed by atoms with van der Waals surface area (Å²) in [5, 5.41) is 0. The van der Waals surface area contributed by atoms with Gasteiger partial charge in [0.05, 0.1) is 6.04 Å². The van der Waals surface area contributed by atoms with Crippen molar-refractivity contribution < 1.29 is 1.37 Å². The Labute approximate surface area is 157 Å². The van der Waals surface area contributed by atoms with E-state index in [4.69, 9.17) is 6.36 Å². The van der Waals surface area contributed by atoms with Gasteiger partial charge in [-0.15, -0.1) is 0 Å². The SMILES string of the molecule is [2H]C(C)(C1=N[C@@H](c2ccccc2)[C@H](c2ccccc2)N1C)c1ccccc1. The molecule has 0 saturated heterocycles. The largest absolute Gasteiger partial charge is 0.353 e. The van der Waals surface area contributed by atoms with Crippen molar-refractivity contribution in [1.82, 2.24) is 4.90 Å². The Morgan fingerprint density at radius 2 is 1.31 bits per heavy atom. The molecule has 0 amide bonds.